The summed E-state index contributed by atoms with van der Waals surface area (Å²) in [7, 11) is 0. The van der Waals surface area contributed by atoms with Gasteiger partial charge >= 0.3 is 5.97 Å². The molecule has 0 radical (unpaired) electrons. The number of nitrogens with one attached hydrogen (secondary N) is 2. The molecule has 100 valence electrons. The second-order valence-corrected chi connectivity index (χ2v) is 3.53. The van der Waals surface area contributed by atoms with Crippen LogP contribution in [0, 0.1) is 5.95 Å². The SMILES string of the molecule is CCOC(=O)c1nc[nH]c1CNc1cc(F)ncn1. The lowest BCUT2D eigenvalue weighted by Crippen LogP contribution is -2.11. The molecule has 0 aliphatic carbocycles. The lowest BCUT2D eigenvalue weighted by atomic mass is 10.3. The van der Waals surface area contributed by atoms with Crippen LogP contribution in [0.4, 0.5) is 10.2 Å². The first-order valence-corrected chi connectivity index (χ1v) is 5.61. The lowest BCUT2D eigenvalue weighted by molar-refractivity contribution is 0.0519. The molecule has 0 amide bonds. The molecule has 0 fully saturated rings. The predicted molar refractivity (Wildman–Crippen MR) is 63.9 cm³/mol. The van der Waals surface area contributed by atoms with Crippen molar-refractivity contribution in [3.05, 3.63) is 36.1 Å². The zero-order valence-corrected chi connectivity index (χ0v) is 10.2. The van der Waals surface area contributed by atoms with Gasteiger partial charge in [-0.15, -0.1) is 0 Å². The van der Waals surface area contributed by atoms with Crippen LogP contribution in [0.5, 0.6) is 0 Å². The Morgan fingerprint density at radius 3 is 3.05 bits per heavy atom. The van der Waals surface area contributed by atoms with E-state index in [4.69, 9.17) is 4.74 Å². The number of aromatic nitrogens is 4. The molecule has 7 nitrogen and oxygen atoms in total. The van der Waals surface area contributed by atoms with Gasteiger partial charge in [0.15, 0.2) is 5.69 Å². The smallest absolute Gasteiger partial charge is 0.358 e. The highest BCUT2D eigenvalue weighted by atomic mass is 19.1. The van der Waals surface area contributed by atoms with Gasteiger partial charge in [0.2, 0.25) is 5.95 Å². The number of ether oxygens (including phenoxy) is 1. The highest BCUT2D eigenvalue weighted by Crippen LogP contribution is 2.09. The molecule has 0 unspecified atom stereocenters. The van der Waals surface area contributed by atoms with Crippen molar-refractivity contribution >= 4 is 11.8 Å². The number of H-pyrrole nitrogens is 1. The summed E-state index contributed by atoms with van der Waals surface area (Å²) in [5, 5.41) is 2.86. The van der Waals surface area contributed by atoms with Crippen LogP contribution in [0.1, 0.15) is 23.1 Å². The molecule has 2 rings (SSSR count). The molecule has 0 spiro atoms. The molecular weight excluding hydrogens is 253 g/mol. The quantitative estimate of drug-likeness (QED) is 0.621. The summed E-state index contributed by atoms with van der Waals surface area (Å²) < 4.78 is 17.7. The molecule has 2 aromatic rings. The Morgan fingerprint density at radius 1 is 1.47 bits per heavy atom. The minimum Gasteiger partial charge on any atom is -0.461 e. The molecule has 2 N–H and O–H groups in total. The topological polar surface area (TPSA) is 92.8 Å². The van der Waals surface area contributed by atoms with E-state index in [-0.39, 0.29) is 18.8 Å². The number of aromatic amines is 1. The summed E-state index contributed by atoms with van der Waals surface area (Å²) in [6.45, 7) is 2.23. The van der Waals surface area contributed by atoms with Gasteiger partial charge in [0, 0.05) is 6.07 Å². The number of esters is 1. The van der Waals surface area contributed by atoms with Crippen LogP contribution in [-0.4, -0.2) is 32.5 Å². The van der Waals surface area contributed by atoms with Gasteiger partial charge in [-0.2, -0.15) is 4.39 Å². The van der Waals surface area contributed by atoms with E-state index in [1.807, 2.05) is 0 Å². The summed E-state index contributed by atoms with van der Waals surface area (Å²) in [6.07, 6.45) is 2.50. The average molecular weight is 265 g/mol. The zero-order chi connectivity index (χ0) is 13.7. The van der Waals surface area contributed by atoms with Crippen LogP contribution in [0.25, 0.3) is 0 Å². The number of carbonyl (C=O) groups is 1. The lowest BCUT2D eigenvalue weighted by Gasteiger charge is -2.05. The number of hydrogen-bond donors (Lipinski definition) is 2. The molecular formula is C11H12FN5O2. The first kappa shape index (κ1) is 12.9. The standard InChI is InChI=1S/C11H12FN5O2/c1-2-19-11(18)10-7(14-5-17-10)4-13-9-3-8(12)15-6-16-9/h3,5-6H,2,4H2,1H3,(H,14,17)(H,13,15,16). The number of rotatable bonds is 5. The maximum absolute atomic E-state index is 12.9. The molecule has 0 aromatic carbocycles. The number of nitrogens with zero attached hydrogens (tertiary/aromatic N) is 3. The van der Waals surface area contributed by atoms with Gasteiger partial charge in [-0.3, -0.25) is 0 Å². The summed E-state index contributed by atoms with van der Waals surface area (Å²) in [4.78, 5) is 25.5. The molecule has 0 atom stereocenters. The van der Waals surface area contributed by atoms with Gasteiger partial charge in [0.05, 0.1) is 25.2 Å². The van der Waals surface area contributed by atoms with E-state index in [0.717, 1.165) is 12.4 Å². The molecule has 8 heteroatoms. The third-order valence-corrected chi connectivity index (χ3v) is 2.27. The molecule has 0 saturated carbocycles. The summed E-state index contributed by atoms with van der Waals surface area (Å²) in [5.74, 6) is -0.820. The normalized spacial score (nSPS) is 10.2. The van der Waals surface area contributed by atoms with Crippen LogP contribution in [0.15, 0.2) is 18.7 Å². The van der Waals surface area contributed by atoms with Crippen LogP contribution in [0.2, 0.25) is 0 Å². The molecule has 19 heavy (non-hydrogen) atoms. The summed E-state index contributed by atoms with van der Waals surface area (Å²) in [6, 6.07) is 1.15. The Balaban J connectivity index is 2.04. The molecule has 2 heterocycles. The van der Waals surface area contributed by atoms with Gasteiger partial charge in [-0.05, 0) is 6.92 Å². The van der Waals surface area contributed by atoms with Crippen molar-refractivity contribution in [3.63, 3.8) is 0 Å². The number of hydrogen-bond acceptors (Lipinski definition) is 6. The first-order chi connectivity index (χ1) is 9.20. The second kappa shape index (κ2) is 5.89. The van der Waals surface area contributed by atoms with Crippen LogP contribution >= 0.6 is 0 Å². The van der Waals surface area contributed by atoms with Crippen molar-refractivity contribution in [2.45, 2.75) is 13.5 Å². The Bertz CT molecular complexity index is 572. The fraction of sp³-hybridized carbons (Fsp3) is 0.273. The molecule has 0 saturated heterocycles. The Labute approximate surface area is 108 Å². The number of carbonyl (C=O) groups excluding carboxylic acids is 1. The van der Waals surface area contributed by atoms with Gasteiger partial charge in [-0.1, -0.05) is 0 Å². The minimum absolute atomic E-state index is 0.198. The van der Waals surface area contributed by atoms with Gasteiger partial charge in [-0.25, -0.2) is 19.7 Å². The van der Waals surface area contributed by atoms with Crippen LogP contribution in [0.3, 0.4) is 0 Å². The average Bonchev–Trinajstić information content (AvgIpc) is 2.85. The largest absolute Gasteiger partial charge is 0.461 e. The molecule has 0 bridgehead atoms. The van der Waals surface area contributed by atoms with Crippen LogP contribution < -0.4 is 5.32 Å². The maximum atomic E-state index is 12.9. The Hall–Kier alpha value is -2.51. The van der Waals surface area contributed by atoms with Crippen molar-refractivity contribution in [1.82, 2.24) is 19.9 Å². The monoisotopic (exact) mass is 265 g/mol. The fourth-order valence-electron chi connectivity index (χ4n) is 1.44. The van der Waals surface area contributed by atoms with E-state index >= 15 is 0 Å². The summed E-state index contributed by atoms with van der Waals surface area (Å²) >= 11 is 0. The summed E-state index contributed by atoms with van der Waals surface area (Å²) in [5.41, 5.74) is 0.737. The minimum atomic E-state index is -0.632. The Kier molecular flexibility index (Phi) is 4.01. The molecule has 0 aliphatic heterocycles. The predicted octanol–water partition coefficient (Wildman–Crippen LogP) is 1.13. The molecule has 0 aliphatic rings. The van der Waals surface area contributed by atoms with E-state index < -0.39 is 11.9 Å². The van der Waals surface area contributed by atoms with Gasteiger partial charge in [0.25, 0.3) is 0 Å². The third kappa shape index (κ3) is 3.24. The highest BCUT2D eigenvalue weighted by Gasteiger charge is 2.15. The van der Waals surface area contributed by atoms with E-state index in [9.17, 15) is 9.18 Å². The van der Waals surface area contributed by atoms with E-state index in [1.165, 1.54) is 6.33 Å². The maximum Gasteiger partial charge on any atom is 0.358 e. The number of imidazole rings is 1. The third-order valence-electron chi connectivity index (χ3n) is 2.27. The van der Waals surface area contributed by atoms with Crippen molar-refractivity contribution in [3.8, 4) is 0 Å². The van der Waals surface area contributed by atoms with Crippen LogP contribution in [-0.2, 0) is 11.3 Å². The zero-order valence-electron chi connectivity index (χ0n) is 10.2. The van der Waals surface area contributed by atoms with Crippen molar-refractivity contribution < 1.29 is 13.9 Å². The number of halogens is 1. The van der Waals surface area contributed by atoms with E-state index in [1.54, 1.807) is 6.92 Å². The van der Waals surface area contributed by atoms with Gasteiger partial charge < -0.3 is 15.0 Å². The first-order valence-electron chi connectivity index (χ1n) is 5.61. The Morgan fingerprint density at radius 2 is 2.32 bits per heavy atom. The molecule has 2 aromatic heterocycles. The van der Waals surface area contributed by atoms with Crippen molar-refractivity contribution in [1.29, 1.82) is 0 Å². The number of anilines is 1. The van der Waals surface area contributed by atoms with Crippen molar-refractivity contribution in [2.75, 3.05) is 11.9 Å². The van der Waals surface area contributed by atoms with Gasteiger partial charge in [0.1, 0.15) is 12.1 Å². The van der Waals surface area contributed by atoms with E-state index in [0.29, 0.717) is 11.5 Å². The fourth-order valence-corrected chi connectivity index (χ4v) is 1.44. The van der Waals surface area contributed by atoms with Crippen molar-refractivity contribution in [2.24, 2.45) is 0 Å². The second-order valence-electron chi connectivity index (χ2n) is 3.53. The van der Waals surface area contributed by atoms with E-state index in [2.05, 4.69) is 25.3 Å². The highest BCUT2D eigenvalue weighted by molar-refractivity contribution is 5.88.